The van der Waals surface area contributed by atoms with E-state index in [1.807, 2.05) is 6.08 Å². The van der Waals surface area contributed by atoms with E-state index in [4.69, 9.17) is 0 Å². The monoisotopic (exact) mass is 183 g/mol. The average Bonchev–Trinajstić information content (AvgIpc) is 2.08. The Morgan fingerprint density at radius 1 is 1.38 bits per heavy atom. The highest BCUT2D eigenvalue weighted by molar-refractivity contribution is 5.21. The molecule has 1 N–H and O–H groups in total. The molecule has 0 unspecified atom stereocenters. The summed E-state index contributed by atoms with van der Waals surface area (Å²) in [6, 6.07) is 0. The zero-order chi connectivity index (χ0) is 9.68. The molecule has 0 saturated heterocycles. The van der Waals surface area contributed by atoms with Crippen LogP contribution in [0.4, 0.5) is 4.39 Å². The molecule has 74 valence electrons. The maximum Gasteiger partial charge on any atom is 0.100 e. The zero-order valence-corrected chi connectivity index (χ0v) is 8.44. The maximum atomic E-state index is 12.6. The lowest BCUT2D eigenvalue weighted by Gasteiger charge is -2.12. The molecule has 1 nitrogen and oxygen atoms in total. The number of nitrogens with one attached hydrogen (secondary N) is 1. The van der Waals surface area contributed by atoms with Crippen molar-refractivity contribution in [3.63, 3.8) is 0 Å². The summed E-state index contributed by atoms with van der Waals surface area (Å²) in [7, 11) is 0. The Bertz CT molecular complexity index is 216. The minimum absolute atomic E-state index is 0.00705. The molecule has 0 heterocycles. The van der Waals surface area contributed by atoms with Gasteiger partial charge in [0.15, 0.2) is 0 Å². The van der Waals surface area contributed by atoms with Crippen LogP contribution in [0.1, 0.15) is 26.7 Å². The van der Waals surface area contributed by atoms with Crippen molar-refractivity contribution in [1.82, 2.24) is 5.32 Å². The minimum Gasteiger partial charge on any atom is -0.313 e. The third-order valence-electron chi connectivity index (χ3n) is 2.09. The molecule has 13 heavy (non-hydrogen) atoms. The molecule has 0 aromatic heterocycles. The van der Waals surface area contributed by atoms with Gasteiger partial charge in [-0.3, -0.25) is 0 Å². The molecule has 1 aliphatic carbocycles. The van der Waals surface area contributed by atoms with Gasteiger partial charge in [-0.25, -0.2) is 4.39 Å². The van der Waals surface area contributed by atoms with Gasteiger partial charge in [0.05, 0.1) is 0 Å². The van der Waals surface area contributed by atoms with Crippen LogP contribution in [-0.2, 0) is 0 Å². The Morgan fingerprint density at radius 3 is 2.69 bits per heavy atom. The van der Waals surface area contributed by atoms with E-state index in [2.05, 4.69) is 19.2 Å². The second-order valence-corrected chi connectivity index (χ2v) is 3.96. The van der Waals surface area contributed by atoms with Crippen LogP contribution in [0.15, 0.2) is 23.6 Å². The van der Waals surface area contributed by atoms with E-state index in [-0.39, 0.29) is 5.83 Å². The number of halogens is 1. The lowest BCUT2D eigenvalue weighted by Crippen LogP contribution is -2.22. The van der Waals surface area contributed by atoms with Crippen LogP contribution in [0.25, 0.3) is 0 Å². The summed E-state index contributed by atoms with van der Waals surface area (Å²) in [5.74, 6) is 0.684. The predicted molar refractivity (Wildman–Crippen MR) is 54.2 cm³/mol. The van der Waals surface area contributed by atoms with Crippen LogP contribution in [0.3, 0.4) is 0 Å². The maximum absolute atomic E-state index is 12.6. The molecular weight excluding hydrogens is 165 g/mol. The van der Waals surface area contributed by atoms with Gasteiger partial charge in [0.2, 0.25) is 0 Å². The first-order valence-corrected chi connectivity index (χ1v) is 4.93. The van der Waals surface area contributed by atoms with E-state index >= 15 is 0 Å². The van der Waals surface area contributed by atoms with Crippen molar-refractivity contribution >= 4 is 0 Å². The topological polar surface area (TPSA) is 12.0 Å². The van der Waals surface area contributed by atoms with Crippen molar-refractivity contribution in [2.24, 2.45) is 5.92 Å². The molecule has 0 bridgehead atoms. The summed E-state index contributed by atoms with van der Waals surface area (Å²) in [6.45, 7) is 6.30. The highest BCUT2D eigenvalue weighted by atomic mass is 19.1. The highest BCUT2D eigenvalue weighted by Crippen LogP contribution is 2.18. The second-order valence-electron chi connectivity index (χ2n) is 3.96. The van der Waals surface area contributed by atoms with Crippen LogP contribution in [0, 0.1) is 5.92 Å². The Hall–Kier alpha value is -0.630. The quantitative estimate of drug-likeness (QED) is 0.706. The van der Waals surface area contributed by atoms with Gasteiger partial charge in [-0.2, -0.15) is 0 Å². The Balaban J connectivity index is 2.22. The molecule has 0 atom stereocenters. The molecule has 2 heteroatoms. The molecule has 0 radical (unpaired) electrons. The van der Waals surface area contributed by atoms with Gasteiger partial charge in [-0.1, -0.05) is 25.5 Å². The lowest BCUT2D eigenvalue weighted by atomic mass is 10.0. The molecule has 0 fully saturated rings. The first-order chi connectivity index (χ1) is 6.18. The molecular formula is C11H18FN. The normalized spacial score (nSPS) is 17.2. The zero-order valence-electron chi connectivity index (χ0n) is 8.44. The second kappa shape index (κ2) is 5.18. The number of hydrogen-bond donors (Lipinski definition) is 1. The molecule has 1 rings (SSSR count). The smallest absolute Gasteiger partial charge is 0.100 e. The highest BCUT2D eigenvalue weighted by Gasteiger charge is 2.05. The van der Waals surface area contributed by atoms with Gasteiger partial charge in [0, 0.05) is 13.0 Å². The summed E-state index contributed by atoms with van der Waals surface area (Å²) in [4.78, 5) is 0. The van der Waals surface area contributed by atoms with Crippen molar-refractivity contribution in [3.8, 4) is 0 Å². The van der Waals surface area contributed by atoms with Crippen LogP contribution in [0.2, 0.25) is 0 Å². The van der Waals surface area contributed by atoms with E-state index in [0.717, 1.165) is 19.5 Å². The summed E-state index contributed by atoms with van der Waals surface area (Å²) in [5.41, 5.74) is 1.31. The first kappa shape index (κ1) is 10.5. The third-order valence-corrected chi connectivity index (χ3v) is 2.09. The first-order valence-electron chi connectivity index (χ1n) is 4.93. The number of allylic oxidation sites excluding steroid dienone is 3. The van der Waals surface area contributed by atoms with Gasteiger partial charge in [-0.15, -0.1) is 0 Å². The Labute approximate surface area is 79.7 Å². The van der Waals surface area contributed by atoms with E-state index in [1.54, 1.807) is 6.08 Å². The van der Waals surface area contributed by atoms with Gasteiger partial charge < -0.3 is 5.32 Å². The van der Waals surface area contributed by atoms with Crippen molar-refractivity contribution in [2.45, 2.75) is 26.7 Å². The molecule has 0 aromatic carbocycles. The SMILES string of the molecule is CC(C)CNCC1=CC=C(F)CC1. The fraction of sp³-hybridized carbons (Fsp3) is 0.636. The average molecular weight is 183 g/mol. The molecule has 0 amide bonds. The van der Waals surface area contributed by atoms with E-state index in [0.29, 0.717) is 12.3 Å². The summed E-state index contributed by atoms with van der Waals surface area (Å²) in [5, 5.41) is 3.35. The largest absolute Gasteiger partial charge is 0.313 e. The van der Waals surface area contributed by atoms with Crippen molar-refractivity contribution in [1.29, 1.82) is 0 Å². The lowest BCUT2D eigenvalue weighted by molar-refractivity contribution is 0.551. The van der Waals surface area contributed by atoms with Crippen LogP contribution in [-0.4, -0.2) is 13.1 Å². The van der Waals surface area contributed by atoms with Crippen LogP contribution >= 0.6 is 0 Å². The molecule has 0 spiro atoms. The summed E-state index contributed by atoms with van der Waals surface area (Å²) in [6.07, 6.45) is 4.92. The van der Waals surface area contributed by atoms with Gasteiger partial charge in [-0.05, 0) is 25.0 Å². The number of rotatable bonds is 4. The number of hydrogen-bond acceptors (Lipinski definition) is 1. The fourth-order valence-corrected chi connectivity index (χ4v) is 1.32. The molecule has 0 aromatic rings. The minimum atomic E-state index is 0.00705. The molecule has 0 aliphatic heterocycles. The van der Waals surface area contributed by atoms with Gasteiger partial charge in [0.25, 0.3) is 0 Å². The summed E-state index contributed by atoms with van der Waals surface area (Å²) < 4.78 is 12.6. The Kier molecular flexibility index (Phi) is 4.16. The van der Waals surface area contributed by atoms with Crippen molar-refractivity contribution in [2.75, 3.05) is 13.1 Å². The molecule has 1 aliphatic rings. The Morgan fingerprint density at radius 2 is 2.15 bits per heavy atom. The van der Waals surface area contributed by atoms with Crippen LogP contribution in [0.5, 0.6) is 0 Å². The van der Waals surface area contributed by atoms with E-state index in [9.17, 15) is 4.39 Å². The van der Waals surface area contributed by atoms with Crippen LogP contribution < -0.4 is 5.32 Å². The summed E-state index contributed by atoms with van der Waals surface area (Å²) >= 11 is 0. The van der Waals surface area contributed by atoms with Crippen molar-refractivity contribution < 1.29 is 4.39 Å². The fourth-order valence-electron chi connectivity index (χ4n) is 1.32. The van der Waals surface area contributed by atoms with Gasteiger partial charge in [0.1, 0.15) is 5.83 Å². The standard InChI is InChI=1S/C11H18FN/c1-9(2)7-13-8-10-3-5-11(12)6-4-10/h3,5,9,13H,4,6-8H2,1-2H3. The van der Waals surface area contributed by atoms with Crippen molar-refractivity contribution in [3.05, 3.63) is 23.6 Å². The van der Waals surface area contributed by atoms with E-state index < -0.39 is 0 Å². The van der Waals surface area contributed by atoms with Gasteiger partial charge >= 0.3 is 0 Å². The molecule has 0 saturated carbocycles. The van der Waals surface area contributed by atoms with E-state index in [1.165, 1.54) is 5.57 Å². The predicted octanol–water partition coefficient (Wildman–Crippen LogP) is 2.81. The third kappa shape index (κ3) is 4.23.